The number of fused-ring (bicyclic) bond motifs is 3. The number of hydrogen-bond donors (Lipinski definition) is 2. The minimum Gasteiger partial charge on any atom is -0.493 e. The Morgan fingerprint density at radius 3 is 2.46 bits per heavy atom. The number of aromatic amines is 1. The highest BCUT2D eigenvalue weighted by atomic mass is 35.5. The highest BCUT2D eigenvalue weighted by Gasteiger charge is 2.23. The summed E-state index contributed by atoms with van der Waals surface area (Å²) in [4.78, 5) is 17.1. The molecule has 4 aromatic carbocycles. The summed E-state index contributed by atoms with van der Waals surface area (Å²) < 4.78 is 33.1. The second kappa shape index (κ2) is 14.1. The lowest BCUT2D eigenvalue weighted by atomic mass is 9.96. The molecule has 9 heteroatoms. The lowest BCUT2D eigenvalue weighted by molar-refractivity contribution is 0.0985. The Labute approximate surface area is 275 Å². The average Bonchev–Trinajstić information content (AvgIpc) is 3.44. The summed E-state index contributed by atoms with van der Waals surface area (Å²) in [5.41, 5.74) is 6.42. The van der Waals surface area contributed by atoms with Crippen molar-refractivity contribution >= 4 is 44.0 Å². The van der Waals surface area contributed by atoms with Crippen LogP contribution in [0.1, 0.15) is 58.0 Å². The fourth-order valence-corrected chi connectivity index (χ4v) is 7.34. The van der Waals surface area contributed by atoms with Gasteiger partial charge in [-0.3, -0.25) is 9.10 Å². The summed E-state index contributed by atoms with van der Waals surface area (Å²) in [7, 11) is -3.68. The number of H-pyrrole nitrogens is 1. The van der Waals surface area contributed by atoms with Crippen LogP contribution in [0.15, 0.2) is 97.1 Å². The number of benzene rings is 4. The van der Waals surface area contributed by atoms with Gasteiger partial charge < -0.3 is 15.0 Å². The number of ketones is 1. The molecule has 0 fully saturated rings. The molecule has 1 aromatic heterocycles. The van der Waals surface area contributed by atoms with Crippen molar-refractivity contribution in [2.24, 2.45) is 0 Å². The summed E-state index contributed by atoms with van der Waals surface area (Å²) in [5.74, 6) is 0.641. The van der Waals surface area contributed by atoms with Gasteiger partial charge in [-0.25, -0.2) is 8.42 Å². The number of sulfonamides is 1. The maximum Gasteiger partial charge on any atom is 0.232 e. The van der Waals surface area contributed by atoms with Crippen molar-refractivity contribution in [1.82, 2.24) is 10.3 Å². The normalized spacial score (nSPS) is 13.7. The molecule has 0 saturated heterocycles. The van der Waals surface area contributed by atoms with Crippen LogP contribution >= 0.6 is 11.6 Å². The van der Waals surface area contributed by atoms with Crippen LogP contribution in [0.4, 0.5) is 5.69 Å². The molecule has 0 bridgehead atoms. The molecule has 1 atom stereocenters. The molecule has 6 rings (SSSR count). The van der Waals surface area contributed by atoms with Gasteiger partial charge in [0.25, 0.3) is 0 Å². The summed E-state index contributed by atoms with van der Waals surface area (Å²) in [6.45, 7) is 0.614. The van der Waals surface area contributed by atoms with Gasteiger partial charge in [0.2, 0.25) is 10.0 Å². The van der Waals surface area contributed by atoms with Crippen LogP contribution in [0.2, 0.25) is 5.02 Å². The quantitative estimate of drug-likeness (QED) is 0.127. The zero-order chi connectivity index (χ0) is 32.1. The minimum atomic E-state index is -3.68. The fraction of sp³-hybridized carbons (Fsp3) is 0.270. The van der Waals surface area contributed by atoms with Gasteiger partial charge in [0.05, 0.1) is 36.7 Å². The number of rotatable bonds is 13. The first kappa shape index (κ1) is 31.9. The monoisotopic (exact) mass is 655 g/mol. The standard InChI is InChI=1S/C37H38ClN3O4S/c1-46(43,44)41(25-26-10-4-2-5-11-26)36-22-28(16-19-32(36)38)37(42)24-39-33(27-12-6-3-7-13-27)20-21-45-29-17-18-31-30-14-8-9-15-34(30)40-35(31)23-29/h2-7,10-13,16-19,22-23,33,39-40H,8-9,14-15,20-21,24-25H2,1H3. The van der Waals surface area contributed by atoms with Gasteiger partial charge in [-0.15, -0.1) is 0 Å². The van der Waals surface area contributed by atoms with Gasteiger partial charge in [-0.2, -0.15) is 0 Å². The molecule has 1 unspecified atom stereocenters. The summed E-state index contributed by atoms with van der Waals surface area (Å²) in [6, 6.07) is 30.2. The van der Waals surface area contributed by atoms with E-state index in [0.717, 1.165) is 41.5 Å². The number of Topliss-reactive ketones (excluding diaryl/α,β-unsaturated/α-hetero) is 1. The molecule has 2 N–H and O–H groups in total. The Morgan fingerprint density at radius 2 is 1.70 bits per heavy atom. The maximum atomic E-state index is 13.5. The zero-order valence-corrected chi connectivity index (χ0v) is 27.4. The highest BCUT2D eigenvalue weighted by Crippen LogP contribution is 2.32. The van der Waals surface area contributed by atoms with Crippen molar-refractivity contribution < 1.29 is 17.9 Å². The largest absolute Gasteiger partial charge is 0.493 e. The summed E-state index contributed by atoms with van der Waals surface area (Å²) in [6.07, 6.45) is 6.47. The van der Waals surface area contributed by atoms with Crippen LogP contribution in [0.25, 0.3) is 10.9 Å². The predicted molar refractivity (Wildman–Crippen MR) is 185 cm³/mol. The van der Waals surface area contributed by atoms with E-state index in [1.807, 2.05) is 66.7 Å². The van der Waals surface area contributed by atoms with Crippen LogP contribution in [-0.2, 0) is 29.4 Å². The topological polar surface area (TPSA) is 91.5 Å². The maximum absolute atomic E-state index is 13.5. The number of aromatic nitrogens is 1. The third kappa shape index (κ3) is 7.47. The Morgan fingerprint density at radius 1 is 0.957 bits per heavy atom. The van der Waals surface area contributed by atoms with Gasteiger partial charge in [-0.05, 0) is 72.7 Å². The third-order valence-electron chi connectivity index (χ3n) is 8.56. The predicted octanol–water partition coefficient (Wildman–Crippen LogP) is 7.65. The van der Waals surface area contributed by atoms with Gasteiger partial charge in [0.1, 0.15) is 5.75 Å². The number of aryl methyl sites for hydroxylation is 2. The third-order valence-corrected chi connectivity index (χ3v) is 10.0. The van der Waals surface area contributed by atoms with E-state index in [0.29, 0.717) is 18.6 Å². The summed E-state index contributed by atoms with van der Waals surface area (Å²) in [5, 5.41) is 4.96. The molecular formula is C37H38ClN3O4S. The van der Waals surface area contributed by atoms with Gasteiger partial charge >= 0.3 is 0 Å². The van der Waals surface area contributed by atoms with Crippen LogP contribution < -0.4 is 14.4 Å². The van der Waals surface area contributed by atoms with Crippen LogP contribution in [-0.4, -0.2) is 38.6 Å². The Kier molecular flexibility index (Phi) is 9.78. The van der Waals surface area contributed by atoms with Crippen LogP contribution in [0.5, 0.6) is 5.75 Å². The molecule has 1 aliphatic carbocycles. The molecule has 0 radical (unpaired) electrons. The second-order valence-corrected chi connectivity index (χ2v) is 14.1. The molecular weight excluding hydrogens is 618 g/mol. The number of nitrogens with one attached hydrogen (secondary N) is 2. The van der Waals surface area contributed by atoms with E-state index in [1.165, 1.54) is 33.8 Å². The SMILES string of the molecule is CS(=O)(=O)N(Cc1ccccc1)c1cc(C(=O)CNC(CCOc2ccc3c4c([nH]c3c2)CCCC4)c2ccccc2)ccc1Cl. The van der Waals surface area contributed by atoms with E-state index in [4.69, 9.17) is 16.3 Å². The molecule has 46 heavy (non-hydrogen) atoms. The first-order valence-electron chi connectivity index (χ1n) is 15.7. The van der Waals surface area contributed by atoms with Crippen molar-refractivity contribution in [2.75, 3.05) is 23.7 Å². The van der Waals surface area contributed by atoms with Gasteiger partial charge in [-0.1, -0.05) is 72.3 Å². The fourth-order valence-electron chi connectivity index (χ4n) is 6.17. The van der Waals surface area contributed by atoms with Crippen molar-refractivity contribution in [1.29, 1.82) is 0 Å². The smallest absolute Gasteiger partial charge is 0.232 e. The summed E-state index contributed by atoms with van der Waals surface area (Å²) >= 11 is 6.49. The molecule has 1 heterocycles. The van der Waals surface area contributed by atoms with Crippen molar-refractivity contribution in [3.05, 3.63) is 130 Å². The molecule has 0 aliphatic heterocycles. The Hall–Kier alpha value is -4.11. The minimum absolute atomic E-state index is 0.0538. The number of halogens is 1. The average molecular weight is 656 g/mol. The van der Waals surface area contributed by atoms with Gasteiger partial charge in [0, 0.05) is 40.7 Å². The van der Waals surface area contributed by atoms with Crippen LogP contribution in [0.3, 0.4) is 0 Å². The number of nitrogens with zero attached hydrogens (tertiary/aromatic N) is 1. The lowest BCUT2D eigenvalue weighted by Gasteiger charge is -2.24. The highest BCUT2D eigenvalue weighted by molar-refractivity contribution is 7.92. The number of carbonyl (C=O) groups is 1. The molecule has 1 aliphatic rings. The van der Waals surface area contributed by atoms with E-state index < -0.39 is 10.0 Å². The Balaban J connectivity index is 1.14. The van der Waals surface area contributed by atoms with Crippen molar-refractivity contribution in [3.8, 4) is 5.75 Å². The molecule has 0 spiro atoms. The first-order valence-corrected chi connectivity index (χ1v) is 17.9. The molecule has 7 nitrogen and oxygen atoms in total. The van der Waals surface area contributed by atoms with Crippen molar-refractivity contribution in [3.63, 3.8) is 0 Å². The van der Waals surface area contributed by atoms with Crippen molar-refractivity contribution in [2.45, 2.75) is 44.7 Å². The van der Waals surface area contributed by atoms with E-state index in [-0.39, 0.29) is 35.6 Å². The lowest BCUT2D eigenvalue weighted by Crippen LogP contribution is -2.31. The number of anilines is 1. The molecule has 238 valence electrons. The van der Waals surface area contributed by atoms with E-state index in [2.05, 4.69) is 22.4 Å². The number of carbonyl (C=O) groups excluding carboxylic acids is 1. The number of hydrogen-bond acceptors (Lipinski definition) is 5. The first-order chi connectivity index (χ1) is 22.3. The van der Waals surface area contributed by atoms with E-state index in [1.54, 1.807) is 18.2 Å². The van der Waals surface area contributed by atoms with E-state index >= 15 is 0 Å². The molecule has 0 amide bonds. The zero-order valence-electron chi connectivity index (χ0n) is 25.8. The van der Waals surface area contributed by atoms with E-state index in [9.17, 15) is 13.2 Å². The molecule has 0 saturated carbocycles. The second-order valence-electron chi connectivity index (χ2n) is 11.8. The molecule has 5 aromatic rings. The Bertz CT molecular complexity index is 1930. The van der Waals surface area contributed by atoms with Crippen LogP contribution in [0, 0.1) is 0 Å². The van der Waals surface area contributed by atoms with Gasteiger partial charge in [0.15, 0.2) is 5.78 Å². The number of ether oxygens (including phenoxy) is 1.